The molecule has 13 heteroatoms. The summed E-state index contributed by atoms with van der Waals surface area (Å²) in [4.78, 5) is 29.2. The fraction of sp³-hybridized carbons (Fsp3) is 0.537. The summed E-state index contributed by atoms with van der Waals surface area (Å²) in [6.45, 7) is 19.9. The van der Waals surface area contributed by atoms with Crippen molar-refractivity contribution in [1.82, 2.24) is 29.9 Å². The van der Waals surface area contributed by atoms with Gasteiger partial charge in [0.1, 0.15) is 108 Å². The van der Waals surface area contributed by atoms with Gasteiger partial charge in [-0.2, -0.15) is 0 Å². The highest BCUT2D eigenvalue weighted by Gasteiger charge is 2.12. The summed E-state index contributed by atoms with van der Waals surface area (Å²) in [5.74, 6) is 44.9. The minimum atomic E-state index is -1.21. The Kier molecular flexibility index (Phi) is 43.9. The number of aromatic nitrogens is 6. The zero-order chi connectivity index (χ0) is 76.8. The predicted octanol–water partition coefficient (Wildman–Crippen LogP) is 21.6. The molecule has 108 heavy (non-hydrogen) atoms. The highest BCUT2D eigenvalue weighted by molar-refractivity contribution is 5.52. The normalized spacial score (nSPS) is 10.6. The van der Waals surface area contributed by atoms with Crippen molar-refractivity contribution in [2.75, 3.05) is 39.6 Å². The molecule has 13 nitrogen and oxygen atoms in total. The van der Waals surface area contributed by atoms with E-state index < -0.39 is 5.60 Å². The third-order valence-electron chi connectivity index (χ3n) is 17.6. The quantitative estimate of drug-likeness (QED) is 0.0285. The molecular weight excluding hydrogens is 1340 g/mol. The number of ether oxygens (including phenoxy) is 6. The lowest BCUT2D eigenvalue weighted by atomic mass is 10.1. The van der Waals surface area contributed by atoms with E-state index in [0.29, 0.717) is 142 Å². The summed E-state index contributed by atoms with van der Waals surface area (Å²) in [7, 11) is 0. The number of rotatable bonds is 48. The maximum absolute atomic E-state index is 10.5. The Balaban J connectivity index is 1.38. The molecule has 0 amide bonds. The second-order valence-corrected chi connectivity index (χ2v) is 28.3. The molecule has 6 aromatic rings. The third-order valence-corrected chi connectivity index (χ3v) is 17.6. The van der Waals surface area contributed by atoms with E-state index in [-0.39, 0.29) is 0 Å². The summed E-state index contributed by atoms with van der Waals surface area (Å²) in [6, 6.07) is 22.0. The molecule has 574 valence electrons. The van der Waals surface area contributed by atoms with Gasteiger partial charge in [0.2, 0.25) is 0 Å². The number of pyridine rings is 6. The monoisotopic (exact) mass is 1460 g/mol. The summed E-state index contributed by atoms with van der Waals surface area (Å²) < 4.78 is 38.2. The molecule has 0 spiro atoms. The fourth-order valence-electron chi connectivity index (χ4n) is 11.6. The molecule has 0 aromatic carbocycles. The fourth-order valence-corrected chi connectivity index (χ4v) is 11.6. The van der Waals surface area contributed by atoms with Crippen molar-refractivity contribution < 1.29 is 33.5 Å². The Morgan fingerprint density at radius 1 is 0.241 bits per heavy atom. The molecule has 0 aliphatic heterocycles. The Morgan fingerprint density at radius 3 is 0.556 bits per heavy atom. The average molecular weight is 1460 g/mol. The first-order valence-electron chi connectivity index (χ1n) is 41.1. The van der Waals surface area contributed by atoms with Crippen LogP contribution in [0.5, 0.6) is 34.5 Å². The first-order chi connectivity index (χ1) is 52.8. The SMILES string of the molecule is C#Cc1cc(OCCCCCCCC)cc(C#Cc2cc(OCCCCCCCC)cc(C#Cc3cc(OCCCCCCCC)cc(C#Cc4cc(OCCCCCCCC)cc(C#Cc5cc(OCCCCCCCC)cc(C#Cc6cc(OCCCCCCCC)cc(C#CC(C)(C)O)n6)n5)n4)n3)n2)n1. The molecule has 0 atom stereocenters. The van der Waals surface area contributed by atoms with E-state index in [1.54, 1.807) is 26.0 Å². The third kappa shape index (κ3) is 39.4. The van der Waals surface area contributed by atoms with Crippen LogP contribution in [0, 0.1) is 83.4 Å². The lowest BCUT2D eigenvalue weighted by Crippen LogP contribution is -2.14. The van der Waals surface area contributed by atoms with Crippen molar-refractivity contribution >= 4 is 0 Å². The van der Waals surface area contributed by atoms with Gasteiger partial charge >= 0.3 is 0 Å². The topological polar surface area (TPSA) is 153 Å². The van der Waals surface area contributed by atoms with Crippen LogP contribution < -0.4 is 28.4 Å². The highest BCUT2D eigenvalue weighted by Crippen LogP contribution is 2.24. The minimum Gasteiger partial charge on any atom is -0.493 e. The summed E-state index contributed by atoms with van der Waals surface area (Å²) >= 11 is 0. The molecule has 0 radical (unpaired) electrons. The van der Waals surface area contributed by atoms with Crippen molar-refractivity contribution in [3.8, 4) is 118 Å². The largest absolute Gasteiger partial charge is 0.493 e. The van der Waals surface area contributed by atoms with Crippen LogP contribution in [0.4, 0.5) is 0 Å². The Hall–Kier alpha value is -9.42. The van der Waals surface area contributed by atoms with Gasteiger partial charge in [0, 0.05) is 72.8 Å². The smallest absolute Gasteiger partial charge is 0.124 e. The van der Waals surface area contributed by atoms with Gasteiger partial charge in [0.25, 0.3) is 0 Å². The number of aliphatic hydroxyl groups is 1. The summed E-state index contributed by atoms with van der Waals surface area (Å²) in [5.41, 5.74) is 4.17. The maximum Gasteiger partial charge on any atom is 0.124 e. The molecule has 0 unspecified atom stereocenters. The highest BCUT2D eigenvalue weighted by atomic mass is 16.5. The van der Waals surface area contributed by atoms with Gasteiger partial charge in [-0.15, -0.1) is 6.42 Å². The van der Waals surface area contributed by atoms with Crippen LogP contribution in [0.15, 0.2) is 72.8 Å². The van der Waals surface area contributed by atoms with Gasteiger partial charge in [0.05, 0.1) is 39.6 Å². The Labute approximate surface area is 650 Å². The number of unbranched alkanes of at least 4 members (excludes halogenated alkanes) is 30. The lowest BCUT2D eigenvalue weighted by molar-refractivity contribution is 0.143. The van der Waals surface area contributed by atoms with Crippen molar-refractivity contribution in [1.29, 1.82) is 0 Å². The molecule has 6 heterocycles. The number of terminal acetylenes is 1. The van der Waals surface area contributed by atoms with Crippen LogP contribution in [0.25, 0.3) is 0 Å². The molecule has 0 aliphatic rings. The van der Waals surface area contributed by atoms with Gasteiger partial charge in [-0.25, -0.2) is 29.9 Å². The number of hydrogen-bond donors (Lipinski definition) is 1. The standard InChI is InChI=1S/C95H122N6O7/c1-10-17-23-29-35-41-59-103-89-65-77(16-7)96-78(66-89)47-48-79-67-90(104-60-42-36-30-24-18-11-2)68-80(97-79)49-50-81-69-91(105-61-43-37-31-25-19-12-3)70-82(98-81)51-52-83-71-92(106-62-44-38-32-26-20-13-4)72-84(99-83)53-54-85-73-93(107-63-45-39-33-27-21-14-5)74-86(100-85)55-56-87-75-94(108-64-46-40-34-28-22-15-6)76-88(101-87)57-58-95(8,9)102/h7,65-76,102H,10-15,17-46,59-64H2,1-6,8-9H3. The zero-order valence-electron chi connectivity index (χ0n) is 66.8. The number of hydrogen-bond acceptors (Lipinski definition) is 13. The molecule has 1 N–H and O–H groups in total. The second kappa shape index (κ2) is 54.2. The molecule has 0 saturated carbocycles. The second-order valence-electron chi connectivity index (χ2n) is 28.3. The van der Waals surface area contributed by atoms with Crippen molar-refractivity contribution in [3.05, 3.63) is 141 Å². The molecule has 0 aliphatic carbocycles. The van der Waals surface area contributed by atoms with Gasteiger partial charge in [-0.1, -0.05) is 246 Å². The Bertz CT molecular complexity index is 4080. The minimum absolute atomic E-state index is 0.439. The first-order valence-corrected chi connectivity index (χ1v) is 41.1. The van der Waals surface area contributed by atoms with Crippen molar-refractivity contribution in [2.24, 2.45) is 0 Å². The molecule has 6 aromatic heterocycles. The van der Waals surface area contributed by atoms with E-state index >= 15 is 0 Å². The van der Waals surface area contributed by atoms with E-state index in [9.17, 15) is 5.11 Å². The molecular formula is C95H122N6O7. The lowest BCUT2D eigenvalue weighted by Gasteiger charge is -2.08. The van der Waals surface area contributed by atoms with Gasteiger partial charge in [-0.3, -0.25) is 0 Å². The van der Waals surface area contributed by atoms with Crippen LogP contribution in [0.1, 0.15) is 355 Å². The zero-order valence-corrected chi connectivity index (χ0v) is 66.8. The van der Waals surface area contributed by atoms with Crippen LogP contribution in [0.3, 0.4) is 0 Å². The van der Waals surface area contributed by atoms with Gasteiger partial charge in [0.15, 0.2) is 0 Å². The van der Waals surface area contributed by atoms with Crippen molar-refractivity contribution in [2.45, 2.75) is 292 Å². The van der Waals surface area contributed by atoms with E-state index in [2.05, 4.69) is 123 Å². The van der Waals surface area contributed by atoms with E-state index in [1.807, 2.05) is 60.7 Å². The van der Waals surface area contributed by atoms with Gasteiger partial charge in [-0.05, 0) is 117 Å². The van der Waals surface area contributed by atoms with Crippen LogP contribution >= 0.6 is 0 Å². The molecule has 0 saturated heterocycles. The van der Waals surface area contributed by atoms with Gasteiger partial charge < -0.3 is 33.5 Å². The van der Waals surface area contributed by atoms with E-state index in [1.165, 1.54) is 135 Å². The molecule has 0 bridgehead atoms. The van der Waals surface area contributed by atoms with Crippen LogP contribution in [-0.2, 0) is 0 Å². The average Bonchev–Trinajstić information content (AvgIpc) is 0.851. The first kappa shape index (κ1) is 87.5. The maximum atomic E-state index is 10.5. The van der Waals surface area contributed by atoms with Crippen molar-refractivity contribution in [3.63, 3.8) is 0 Å². The summed E-state index contributed by atoms with van der Waals surface area (Å²) in [6.07, 6.45) is 46.9. The van der Waals surface area contributed by atoms with E-state index in [4.69, 9.17) is 59.8 Å². The van der Waals surface area contributed by atoms with E-state index in [0.717, 1.165) is 96.3 Å². The predicted molar refractivity (Wildman–Crippen MR) is 440 cm³/mol. The summed E-state index contributed by atoms with van der Waals surface area (Å²) in [5, 5.41) is 10.5. The van der Waals surface area contributed by atoms with Crippen LogP contribution in [0.2, 0.25) is 0 Å². The Morgan fingerprint density at radius 2 is 0.389 bits per heavy atom. The van der Waals surface area contributed by atoms with Crippen LogP contribution in [-0.4, -0.2) is 80.3 Å². The number of nitrogens with zero attached hydrogens (tertiary/aromatic N) is 6. The molecule has 0 fully saturated rings. The molecule has 6 rings (SSSR count).